The van der Waals surface area contributed by atoms with Gasteiger partial charge in [-0.05, 0) is 48.7 Å². The molecular weight excluding hydrogens is 441 g/mol. The zero-order chi connectivity index (χ0) is 24.4. The van der Waals surface area contributed by atoms with Crippen molar-refractivity contribution >= 4 is 11.8 Å². The number of nitrogens with zero attached hydrogens (tertiary/aromatic N) is 2. The van der Waals surface area contributed by atoms with E-state index in [4.69, 9.17) is 0 Å². The Morgan fingerprint density at radius 1 is 0.943 bits per heavy atom. The molecule has 2 heterocycles. The van der Waals surface area contributed by atoms with Crippen molar-refractivity contribution in [2.75, 3.05) is 13.1 Å². The van der Waals surface area contributed by atoms with E-state index in [-0.39, 0.29) is 23.7 Å². The summed E-state index contributed by atoms with van der Waals surface area (Å²) in [5.74, 6) is -0.217. The van der Waals surface area contributed by atoms with Crippen molar-refractivity contribution in [3.05, 3.63) is 107 Å². The van der Waals surface area contributed by atoms with Crippen LogP contribution in [0.25, 0.3) is 0 Å². The molecule has 6 heteroatoms. The quantitative estimate of drug-likeness (QED) is 0.603. The average molecular weight is 472 g/mol. The zero-order valence-electron chi connectivity index (χ0n) is 19.9. The molecule has 35 heavy (non-hydrogen) atoms. The highest BCUT2D eigenvalue weighted by Gasteiger charge is 2.51. The summed E-state index contributed by atoms with van der Waals surface area (Å²) in [6.07, 6.45) is 1.89. The van der Waals surface area contributed by atoms with Crippen LogP contribution in [-0.2, 0) is 17.8 Å². The Hall–Kier alpha value is -3.51. The number of benzene rings is 3. The highest BCUT2D eigenvalue weighted by atomic mass is 19.1. The Labute approximate surface area is 205 Å². The number of hydrogen-bond donors (Lipinski definition) is 1. The van der Waals surface area contributed by atoms with Gasteiger partial charge in [0, 0.05) is 38.0 Å². The van der Waals surface area contributed by atoms with Crippen molar-refractivity contribution < 1.29 is 14.0 Å². The van der Waals surface area contributed by atoms with Crippen LogP contribution >= 0.6 is 0 Å². The van der Waals surface area contributed by atoms with Gasteiger partial charge in [0.25, 0.3) is 5.91 Å². The average Bonchev–Trinajstić information content (AvgIpc) is 3.11. The third-order valence-corrected chi connectivity index (χ3v) is 7.24. The second-order valence-corrected chi connectivity index (χ2v) is 9.63. The largest absolute Gasteiger partial charge is 0.338 e. The molecule has 2 fully saturated rings. The molecule has 0 aliphatic carbocycles. The van der Waals surface area contributed by atoms with E-state index in [0.717, 1.165) is 16.7 Å². The summed E-state index contributed by atoms with van der Waals surface area (Å²) in [6, 6.07) is 23.6. The lowest BCUT2D eigenvalue weighted by molar-refractivity contribution is -0.134. The van der Waals surface area contributed by atoms with Crippen LogP contribution in [0.1, 0.15) is 39.9 Å². The van der Waals surface area contributed by atoms with Crippen molar-refractivity contribution in [1.29, 1.82) is 0 Å². The third-order valence-electron chi connectivity index (χ3n) is 7.24. The number of likely N-dealkylation sites (tertiary alicyclic amines) is 1. The molecule has 0 saturated carbocycles. The fourth-order valence-electron chi connectivity index (χ4n) is 5.23. The zero-order valence-corrected chi connectivity index (χ0v) is 19.9. The minimum absolute atomic E-state index is 0.0232. The van der Waals surface area contributed by atoms with Gasteiger partial charge in [0.1, 0.15) is 5.82 Å². The van der Waals surface area contributed by atoms with Gasteiger partial charge in [0.2, 0.25) is 5.91 Å². The molecule has 0 radical (unpaired) electrons. The first-order valence-corrected chi connectivity index (χ1v) is 12.2. The number of halogens is 1. The number of hydrogen-bond acceptors (Lipinski definition) is 3. The van der Waals surface area contributed by atoms with E-state index in [1.807, 2.05) is 71.3 Å². The van der Waals surface area contributed by atoms with Gasteiger partial charge in [0.05, 0.1) is 11.7 Å². The van der Waals surface area contributed by atoms with Gasteiger partial charge in [-0.3, -0.25) is 14.9 Å². The molecule has 0 aromatic heterocycles. The smallest absolute Gasteiger partial charge is 0.253 e. The normalized spacial score (nSPS) is 19.4. The standard InChI is InChI=1S/C29H30FN3O2/c1-21-7-11-24(12-8-21)27(34)32-17-15-29(16-18-32)31-26(19-22-5-3-2-4-6-22)28(35)33(29)20-23-9-13-25(30)14-10-23/h2-14,26,31H,15-20H2,1H3/t26-/m0/s1. The van der Waals surface area contributed by atoms with Crippen LogP contribution in [0.5, 0.6) is 0 Å². The van der Waals surface area contributed by atoms with E-state index >= 15 is 0 Å². The molecule has 5 nitrogen and oxygen atoms in total. The first-order chi connectivity index (χ1) is 16.9. The van der Waals surface area contributed by atoms with Crippen LogP contribution in [0, 0.1) is 12.7 Å². The maximum absolute atomic E-state index is 13.6. The second-order valence-electron chi connectivity index (χ2n) is 9.63. The van der Waals surface area contributed by atoms with E-state index in [9.17, 15) is 14.0 Å². The maximum atomic E-state index is 13.6. The fraction of sp³-hybridized carbons (Fsp3) is 0.310. The predicted molar refractivity (Wildman–Crippen MR) is 133 cm³/mol. The Morgan fingerprint density at radius 3 is 2.26 bits per heavy atom. The molecule has 2 amide bonds. The van der Waals surface area contributed by atoms with Crippen molar-refractivity contribution in [3.8, 4) is 0 Å². The predicted octanol–water partition coefficient (Wildman–Crippen LogP) is 4.31. The Morgan fingerprint density at radius 2 is 1.60 bits per heavy atom. The Balaban J connectivity index is 1.36. The molecular formula is C29H30FN3O2. The molecule has 2 saturated heterocycles. The summed E-state index contributed by atoms with van der Waals surface area (Å²) >= 11 is 0. The summed E-state index contributed by atoms with van der Waals surface area (Å²) in [5.41, 5.74) is 3.26. The van der Waals surface area contributed by atoms with E-state index in [1.165, 1.54) is 12.1 Å². The summed E-state index contributed by atoms with van der Waals surface area (Å²) in [7, 11) is 0. The lowest BCUT2D eigenvalue weighted by atomic mass is 9.94. The van der Waals surface area contributed by atoms with Crippen LogP contribution in [0.3, 0.4) is 0 Å². The van der Waals surface area contributed by atoms with Crippen LogP contribution in [0.4, 0.5) is 4.39 Å². The number of nitrogens with one attached hydrogen (secondary N) is 1. The maximum Gasteiger partial charge on any atom is 0.253 e. The number of rotatable bonds is 5. The highest BCUT2D eigenvalue weighted by Crippen LogP contribution is 2.35. The number of carbonyl (C=O) groups is 2. The SMILES string of the molecule is Cc1ccc(C(=O)N2CCC3(CC2)N[C@@H](Cc2ccccc2)C(=O)N3Cc2ccc(F)cc2)cc1. The molecule has 2 aliphatic heterocycles. The molecule has 3 aromatic carbocycles. The summed E-state index contributed by atoms with van der Waals surface area (Å²) in [4.78, 5) is 30.5. The van der Waals surface area contributed by atoms with Gasteiger partial charge in [-0.1, -0.05) is 60.2 Å². The second kappa shape index (κ2) is 9.62. The lowest BCUT2D eigenvalue weighted by Gasteiger charge is -2.44. The Kier molecular flexibility index (Phi) is 6.39. The van der Waals surface area contributed by atoms with Crippen LogP contribution in [0.15, 0.2) is 78.9 Å². The number of amides is 2. The summed E-state index contributed by atoms with van der Waals surface area (Å²) in [6.45, 7) is 3.53. The number of carbonyl (C=O) groups excluding carboxylic acids is 2. The molecule has 3 aromatic rings. The van der Waals surface area contributed by atoms with Crippen molar-refractivity contribution in [1.82, 2.24) is 15.1 Å². The summed E-state index contributed by atoms with van der Waals surface area (Å²) in [5, 5.41) is 3.66. The topological polar surface area (TPSA) is 52.7 Å². The van der Waals surface area contributed by atoms with Crippen LogP contribution in [0.2, 0.25) is 0 Å². The monoisotopic (exact) mass is 471 g/mol. The van der Waals surface area contributed by atoms with E-state index in [0.29, 0.717) is 44.5 Å². The lowest BCUT2D eigenvalue weighted by Crippen LogP contribution is -2.59. The first kappa shape index (κ1) is 23.2. The van der Waals surface area contributed by atoms with Gasteiger partial charge in [-0.25, -0.2) is 4.39 Å². The molecule has 0 bridgehead atoms. The van der Waals surface area contributed by atoms with E-state index in [2.05, 4.69) is 5.32 Å². The number of piperidine rings is 1. The van der Waals surface area contributed by atoms with E-state index < -0.39 is 5.66 Å². The Bertz CT molecular complexity index is 1190. The van der Waals surface area contributed by atoms with Gasteiger partial charge in [0.15, 0.2) is 0 Å². The molecule has 180 valence electrons. The van der Waals surface area contributed by atoms with E-state index in [1.54, 1.807) is 12.1 Å². The number of aryl methyl sites for hydroxylation is 1. The van der Waals surface area contributed by atoms with Crippen molar-refractivity contribution in [2.24, 2.45) is 0 Å². The van der Waals surface area contributed by atoms with Crippen LogP contribution < -0.4 is 5.32 Å². The van der Waals surface area contributed by atoms with Crippen LogP contribution in [-0.4, -0.2) is 46.4 Å². The van der Waals surface area contributed by atoms with Gasteiger partial charge in [-0.15, -0.1) is 0 Å². The molecule has 1 atom stereocenters. The molecule has 5 rings (SSSR count). The minimum atomic E-state index is -0.533. The molecule has 1 N–H and O–H groups in total. The van der Waals surface area contributed by atoms with Gasteiger partial charge < -0.3 is 9.80 Å². The summed E-state index contributed by atoms with van der Waals surface area (Å²) < 4.78 is 13.5. The molecule has 0 unspecified atom stereocenters. The van der Waals surface area contributed by atoms with Gasteiger partial charge in [-0.2, -0.15) is 0 Å². The minimum Gasteiger partial charge on any atom is -0.338 e. The third kappa shape index (κ3) is 4.84. The van der Waals surface area contributed by atoms with Crippen molar-refractivity contribution in [3.63, 3.8) is 0 Å². The van der Waals surface area contributed by atoms with Crippen molar-refractivity contribution in [2.45, 2.75) is 44.4 Å². The fourth-order valence-corrected chi connectivity index (χ4v) is 5.23. The van der Waals surface area contributed by atoms with Gasteiger partial charge >= 0.3 is 0 Å². The highest BCUT2D eigenvalue weighted by molar-refractivity contribution is 5.94. The first-order valence-electron chi connectivity index (χ1n) is 12.2. The molecule has 2 aliphatic rings. The molecule has 1 spiro atoms.